The van der Waals surface area contributed by atoms with Crippen LogP contribution in [-0.2, 0) is 0 Å². The number of hydrogen-bond donors (Lipinski definition) is 1. The Labute approximate surface area is 118 Å². The normalized spacial score (nSPS) is 16.4. The molecule has 3 rings (SSSR count). The zero-order valence-electron chi connectivity index (χ0n) is 11.9. The van der Waals surface area contributed by atoms with Crippen LogP contribution in [0.3, 0.4) is 0 Å². The second kappa shape index (κ2) is 5.65. The van der Waals surface area contributed by atoms with Crippen LogP contribution in [0.4, 0.5) is 0 Å². The lowest BCUT2D eigenvalue weighted by atomic mass is 9.89. The summed E-state index contributed by atoms with van der Waals surface area (Å²) < 4.78 is 1.62. The molecule has 0 aliphatic heterocycles. The van der Waals surface area contributed by atoms with E-state index in [4.69, 9.17) is 0 Å². The van der Waals surface area contributed by atoms with Gasteiger partial charge in [-0.05, 0) is 43.9 Å². The third kappa shape index (κ3) is 2.55. The molecule has 0 spiro atoms. The Hall–Kier alpha value is -1.84. The molecule has 2 heterocycles. The summed E-state index contributed by atoms with van der Waals surface area (Å²) in [5.74, 6) is 0.676. The number of aryl methyl sites for hydroxylation is 1. The van der Waals surface area contributed by atoms with Crippen LogP contribution in [0.1, 0.15) is 37.7 Å². The molecule has 0 atom stereocenters. The fourth-order valence-electron chi connectivity index (χ4n) is 3.03. The van der Waals surface area contributed by atoms with Crippen molar-refractivity contribution in [1.82, 2.24) is 9.66 Å². The molecule has 1 fully saturated rings. The summed E-state index contributed by atoms with van der Waals surface area (Å²) in [6.45, 7) is 2.71. The standard InChI is InChI=1S/C16H21N3O/c1-12-10-14-8-5-9-17-15(14)19(16(12)20)18-11-13-6-3-2-4-7-13/h5,8-10,13,18H,2-4,6-7,11H2,1H3. The van der Waals surface area contributed by atoms with Crippen LogP contribution in [0.15, 0.2) is 29.2 Å². The van der Waals surface area contributed by atoms with E-state index in [1.807, 2.05) is 25.1 Å². The van der Waals surface area contributed by atoms with Crippen molar-refractivity contribution in [2.24, 2.45) is 5.92 Å². The van der Waals surface area contributed by atoms with E-state index >= 15 is 0 Å². The van der Waals surface area contributed by atoms with E-state index in [0.717, 1.165) is 23.1 Å². The fraction of sp³-hybridized carbons (Fsp3) is 0.500. The molecule has 1 saturated carbocycles. The van der Waals surface area contributed by atoms with Gasteiger partial charge in [-0.25, -0.2) is 9.66 Å². The average Bonchev–Trinajstić information content (AvgIpc) is 2.49. The molecule has 0 aromatic carbocycles. The highest BCUT2D eigenvalue weighted by molar-refractivity contribution is 5.75. The monoisotopic (exact) mass is 271 g/mol. The summed E-state index contributed by atoms with van der Waals surface area (Å²) in [5.41, 5.74) is 4.79. The van der Waals surface area contributed by atoms with Crippen molar-refractivity contribution in [3.8, 4) is 0 Å². The Morgan fingerprint density at radius 2 is 2.15 bits per heavy atom. The van der Waals surface area contributed by atoms with E-state index in [2.05, 4.69) is 10.4 Å². The topological polar surface area (TPSA) is 46.9 Å². The van der Waals surface area contributed by atoms with Crippen LogP contribution in [0.25, 0.3) is 11.0 Å². The highest BCUT2D eigenvalue weighted by atomic mass is 16.1. The van der Waals surface area contributed by atoms with E-state index in [-0.39, 0.29) is 5.56 Å². The van der Waals surface area contributed by atoms with Crippen molar-refractivity contribution >= 4 is 11.0 Å². The van der Waals surface area contributed by atoms with E-state index in [9.17, 15) is 4.79 Å². The largest absolute Gasteiger partial charge is 0.321 e. The molecule has 1 aliphatic rings. The Morgan fingerprint density at radius 3 is 2.95 bits per heavy atom. The minimum absolute atomic E-state index is 0.00649. The van der Waals surface area contributed by atoms with E-state index in [1.54, 1.807) is 10.9 Å². The van der Waals surface area contributed by atoms with Gasteiger partial charge in [0.05, 0.1) is 0 Å². The van der Waals surface area contributed by atoms with Gasteiger partial charge >= 0.3 is 0 Å². The minimum Gasteiger partial charge on any atom is -0.321 e. The molecule has 0 amide bonds. The molecule has 4 nitrogen and oxygen atoms in total. The summed E-state index contributed by atoms with van der Waals surface area (Å²) in [7, 11) is 0. The van der Waals surface area contributed by atoms with Crippen molar-refractivity contribution in [3.05, 3.63) is 40.3 Å². The van der Waals surface area contributed by atoms with Gasteiger partial charge in [0.15, 0.2) is 5.65 Å². The molecular formula is C16H21N3O. The highest BCUT2D eigenvalue weighted by Gasteiger charge is 2.14. The first-order chi connectivity index (χ1) is 9.75. The maximum absolute atomic E-state index is 12.3. The van der Waals surface area contributed by atoms with Gasteiger partial charge in [0.1, 0.15) is 0 Å². The first-order valence-electron chi connectivity index (χ1n) is 7.47. The highest BCUT2D eigenvalue weighted by Crippen LogP contribution is 2.23. The lowest BCUT2D eigenvalue weighted by Gasteiger charge is -2.23. The number of fused-ring (bicyclic) bond motifs is 1. The Bertz CT molecular complexity index is 656. The predicted octanol–water partition coefficient (Wildman–Crippen LogP) is 2.83. The average molecular weight is 271 g/mol. The molecule has 0 unspecified atom stereocenters. The van der Waals surface area contributed by atoms with Crippen LogP contribution in [0.5, 0.6) is 0 Å². The van der Waals surface area contributed by atoms with Gasteiger partial charge in [0.2, 0.25) is 0 Å². The molecule has 2 aromatic heterocycles. The number of aromatic nitrogens is 2. The Morgan fingerprint density at radius 1 is 1.35 bits per heavy atom. The lowest BCUT2D eigenvalue weighted by Crippen LogP contribution is -2.34. The smallest absolute Gasteiger partial charge is 0.273 e. The summed E-state index contributed by atoms with van der Waals surface area (Å²) >= 11 is 0. The SMILES string of the molecule is Cc1cc2cccnc2n(NCC2CCCCC2)c1=O. The molecule has 1 N–H and O–H groups in total. The van der Waals surface area contributed by atoms with Crippen molar-refractivity contribution in [2.75, 3.05) is 12.0 Å². The van der Waals surface area contributed by atoms with E-state index in [1.165, 1.54) is 32.1 Å². The van der Waals surface area contributed by atoms with Crippen molar-refractivity contribution in [2.45, 2.75) is 39.0 Å². The molecule has 1 aliphatic carbocycles. The maximum atomic E-state index is 12.3. The van der Waals surface area contributed by atoms with Crippen LogP contribution in [0, 0.1) is 12.8 Å². The first-order valence-corrected chi connectivity index (χ1v) is 7.47. The molecule has 0 radical (unpaired) electrons. The molecule has 20 heavy (non-hydrogen) atoms. The Balaban J connectivity index is 1.89. The van der Waals surface area contributed by atoms with Gasteiger partial charge in [0.25, 0.3) is 5.56 Å². The molecule has 4 heteroatoms. The van der Waals surface area contributed by atoms with Crippen LogP contribution >= 0.6 is 0 Å². The Kier molecular flexibility index (Phi) is 3.72. The van der Waals surface area contributed by atoms with Crippen LogP contribution < -0.4 is 11.0 Å². The van der Waals surface area contributed by atoms with Gasteiger partial charge in [-0.1, -0.05) is 19.3 Å². The summed E-state index contributed by atoms with van der Waals surface area (Å²) in [6, 6.07) is 5.80. The van der Waals surface area contributed by atoms with Crippen LogP contribution in [0.2, 0.25) is 0 Å². The third-order valence-electron chi connectivity index (χ3n) is 4.20. The second-order valence-corrected chi connectivity index (χ2v) is 5.75. The summed E-state index contributed by atoms with van der Waals surface area (Å²) in [5, 5.41) is 1.00. The number of nitrogens with zero attached hydrogens (tertiary/aromatic N) is 2. The summed E-state index contributed by atoms with van der Waals surface area (Å²) in [6.07, 6.45) is 8.24. The van der Waals surface area contributed by atoms with Crippen molar-refractivity contribution in [3.63, 3.8) is 0 Å². The molecular weight excluding hydrogens is 250 g/mol. The van der Waals surface area contributed by atoms with E-state index in [0.29, 0.717) is 5.92 Å². The number of nitrogens with one attached hydrogen (secondary N) is 1. The lowest BCUT2D eigenvalue weighted by molar-refractivity contribution is 0.366. The van der Waals surface area contributed by atoms with Gasteiger partial charge in [-0.15, -0.1) is 0 Å². The van der Waals surface area contributed by atoms with E-state index < -0.39 is 0 Å². The fourth-order valence-corrected chi connectivity index (χ4v) is 3.03. The molecule has 0 bridgehead atoms. The van der Waals surface area contributed by atoms with Gasteiger partial charge in [-0.2, -0.15) is 0 Å². The molecule has 106 valence electrons. The quantitative estimate of drug-likeness (QED) is 0.933. The zero-order valence-corrected chi connectivity index (χ0v) is 11.9. The molecule has 0 saturated heterocycles. The minimum atomic E-state index is 0.00649. The number of hydrogen-bond acceptors (Lipinski definition) is 3. The van der Waals surface area contributed by atoms with Crippen molar-refractivity contribution < 1.29 is 0 Å². The number of rotatable bonds is 3. The predicted molar refractivity (Wildman–Crippen MR) is 81.5 cm³/mol. The maximum Gasteiger partial charge on any atom is 0.273 e. The molecule has 2 aromatic rings. The van der Waals surface area contributed by atoms with Crippen molar-refractivity contribution in [1.29, 1.82) is 0 Å². The second-order valence-electron chi connectivity index (χ2n) is 5.75. The summed E-state index contributed by atoms with van der Waals surface area (Å²) in [4.78, 5) is 16.7. The van der Waals surface area contributed by atoms with Gasteiger partial charge in [0, 0.05) is 23.7 Å². The first kappa shape index (κ1) is 13.2. The van der Waals surface area contributed by atoms with Gasteiger partial charge < -0.3 is 5.43 Å². The third-order valence-corrected chi connectivity index (χ3v) is 4.20. The van der Waals surface area contributed by atoms with Gasteiger partial charge in [-0.3, -0.25) is 4.79 Å². The number of pyridine rings is 2. The zero-order chi connectivity index (χ0) is 13.9. The van der Waals surface area contributed by atoms with Crippen LogP contribution in [-0.4, -0.2) is 16.2 Å².